The zero-order chi connectivity index (χ0) is 14.4. The molecule has 1 fully saturated rings. The summed E-state index contributed by atoms with van der Waals surface area (Å²) >= 11 is 6.36. The van der Waals surface area contributed by atoms with E-state index < -0.39 is 0 Å². The van der Waals surface area contributed by atoms with Gasteiger partial charge < -0.3 is 4.57 Å². The molecule has 1 saturated carbocycles. The second kappa shape index (κ2) is 4.88. The fraction of sp³-hybridized carbons (Fsp3) is 0.278. The van der Waals surface area contributed by atoms with E-state index in [2.05, 4.69) is 53.1 Å². The average molecular weight is 297 g/mol. The highest BCUT2D eigenvalue weighted by atomic mass is 35.5. The Labute approximate surface area is 129 Å². The Morgan fingerprint density at radius 3 is 2.57 bits per heavy atom. The number of alkyl halides is 1. The molecule has 0 aliphatic heterocycles. The van der Waals surface area contributed by atoms with Crippen molar-refractivity contribution in [3.05, 3.63) is 66.0 Å². The summed E-state index contributed by atoms with van der Waals surface area (Å²) in [5, 5.41) is -0.0746. The molecule has 0 saturated heterocycles. The summed E-state index contributed by atoms with van der Waals surface area (Å²) in [6.07, 6.45) is 1.17. The van der Waals surface area contributed by atoms with Gasteiger partial charge in [0.15, 0.2) is 0 Å². The Kier molecular flexibility index (Phi) is 3.00. The molecule has 0 radical (unpaired) electrons. The number of nitrogens with zero attached hydrogens (tertiary/aromatic N) is 2. The predicted molar refractivity (Wildman–Crippen MR) is 86.8 cm³/mol. The van der Waals surface area contributed by atoms with Gasteiger partial charge in [0, 0.05) is 12.0 Å². The number of fused-ring (bicyclic) bond motifs is 1. The molecule has 3 unspecified atom stereocenters. The van der Waals surface area contributed by atoms with Crippen LogP contribution in [0.5, 0.6) is 0 Å². The monoisotopic (exact) mass is 296 g/mol. The number of imidazole rings is 1. The molecule has 4 rings (SSSR count). The molecule has 3 aromatic rings. The van der Waals surface area contributed by atoms with E-state index in [-0.39, 0.29) is 5.38 Å². The minimum absolute atomic E-state index is 0.0746. The molecule has 1 aliphatic rings. The first-order chi connectivity index (χ1) is 10.3. The van der Waals surface area contributed by atoms with Gasteiger partial charge in [0.1, 0.15) is 5.82 Å². The summed E-state index contributed by atoms with van der Waals surface area (Å²) in [6, 6.07) is 19.5. The third-order valence-electron chi connectivity index (χ3n) is 4.30. The minimum atomic E-state index is -0.0746. The number of hydrogen-bond donors (Lipinski definition) is 0. The Morgan fingerprint density at radius 1 is 1.10 bits per heavy atom. The van der Waals surface area contributed by atoms with E-state index >= 15 is 0 Å². The van der Waals surface area contributed by atoms with Crippen LogP contribution in [-0.4, -0.2) is 9.55 Å². The highest BCUT2D eigenvalue weighted by molar-refractivity contribution is 6.20. The van der Waals surface area contributed by atoms with Crippen LogP contribution in [0.4, 0.5) is 0 Å². The third-order valence-corrected chi connectivity index (χ3v) is 4.49. The molecule has 0 bridgehead atoms. The van der Waals surface area contributed by atoms with Gasteiger partial charge in [0.25, 0.3) is 0 Å². The van der Waals surface area contributed by atoms with Gasteiger partial charge in [-0.05, 0) is 31.0 Å². The maximum atomic E-state index is 6.36. The van der Waals surface area contributed by atoms with E-state index in [4.69, 9.17) is 16.6 Å². The molecule has 1 aliphatic carbocycles. The van der Waals surface area contributed by atoms with Gasteiger partial charge in [-0.25, -0.2) is 4.98 Å². The van der Waals surface area contributed by atoms with Crippen LogP contribution in [-0.2, 0) is 0 Å². The number of hydrogen-bond acceptors (Lipinski definition) is 1. The molecule has 2 aromatic carbocycles. The topological polar surface area (TPSA) is 17.8 Å². The van der Waals surface area contributed by atoms with Crippen molar-refractivity contribution in [2.24, 2.45) is 0 Å². The minimum Gasteiger partial charge on any atom is -0.323 e. The van der Waals surface area contributed by atoms with Gasteiger partial charge >= 0.3 is 0 Å². The fourth-order valence-electron chi connectivity index (χ4n) is 3.22. The van der Waals surface area contributed by atoms with Crippen LogP contribution >= 0.6 is 11.6 Å². The SMILES string of the molecule is CC(Cl)c1nc2ccccc2n1C1CC1c1ccccc1. The second-order valence-electron chi connectivity index (χ2n) is 5.76. The Balaban J connectivity index is 1.79. The molecule has 0 N–H and O–H groups in total. The molecular weight excluding hydrogens is 280 g/mol. The number of para-hydroxylation sites is 2. The van der Waals surface area contributed by atoms with Gasteiger partial charge in [0.05, 0.1) is 16.4 Å². The van der Waals surface area contributed by atoms with Gasteiger partial charge in [-0.2, -0.15) is 0 Å². The Hall–Kier alpha value is -1.80. The molecule has 1 aromatic heterocycles. The Bertz CT molecular complexity index is 776. The first-order valence-corrected chi connectivity index (χ1v) is 7.85. The van der Waals surface area contributed by atoms with E-state index in [0.717, 1.165) is 11.3 Å². The molecular formula is C18H17ClN2. The molecule has 21 heavy (non-hydrogen) atoms. The smallest absolute Gasteiger partial charge is 0.127 e. The van der Waals surface area contributed by atoms with Crippen molar-refractivity contribution in [3.63, 3.8) is 0 Å². The fourth-order valence-corrected chi connectivity index (χ4v) is 3.37. The summed E-state index contributed by atoms with van der Waals surface area (Å²) < 4.78 is 2.35. The van der Waals surface area contributed by atoms with Crippen molar-refractivity contribution < 1.29 is 0 Å². The van der Waals surface area contributed by atoms with Gasteiger partial charge in [-0.3, -0.25) is 0 Å². The first kappa shape index (κ1) is 12.9. The van der Waals surface area contributed by atoms with Crippen molar-refractivity contribution in [3.8, 4) is 0 Å². The largest absolute Gasteiger partial charge is 0.323 e. The van der Waals surface area contributed by atoms with E-state index in [1.165, 1.54) is 17.5 Å². The summed E-state index contributed by atoms with van der Waals surface area (Å²) in [5.74, 6) is 1.57. The zero-order valence-electron chi connectivity index (χ0n) is 11.9. The van der Waals surface area contributed by atoms with Crippen LogP contribution in [0.3, 0.4) is 0 Å². The number of aromatic nitrogens is 2. The second-order valence-corrected chi connectivity index (χ2v) is 6.42. The lowest BCUT2D eigenvalue weighted by Gasteiger charge is -2.10. The highest BCUT2D eigenvalue weighted by Gasteiger charge is 2.42. The van der Waals surface area contributed by atoms with E-state index in [0.29, 0.717) is 12.0 Å². The lowest BCUT2D eigenvalue weighted by Crippen LogP contribution is -2.03. The van der Waals surface area contributed by atoms with Crippen molar-refractivity contribution in [2.45, 2.75) is 30.7 Å². The van der Waals surface area contributed by atoms with E-state index in [1.807, 2.05) is 13.0 Å². The van der Waals surface area contributed by atoms with Crippen LogP contribution in [0.1, 0.15) is 42.1 Å². The van der Waals surface area contributed by atoms with Crippen molar-refractivity contribution in [2.75, 3.05) is 0 Å². The van der Waals surface area contributed by atoms with Crippen molar-refractivity contribution in [1.82, 2.24) is 9.55 Å². The molecule has 1 heterocycles. The molecule has 0 amide bonds. The molecule has 3 atom stereocenters. The lowest BCUT2D eigenvalue weighted by atomic mass is 10.1. The van der Waals surface area contributed by atoms with Crippen molar-refractivity contribution >= 4 is 22.6 Å². The first-order valence-electron chi connectivity index (χ1n) is 7.41. The zero-order valence-corrected chi connectivity index (χ0v) is 12.7. The summed E-state index contributed by atoms with van der Waals surface area (Å²) in [4.78, 5) is 4.73. The predicted octanol–water partition coefficient (Wildman–Crippen LogP) is 5.06. The standard InChI is InChI=1S/C18H17ClN2/c1-12(19)18-20-15-9-5-6-10-16(15)21(18)17-11-14(17)13-7-3-2-4-8-13/h2-10,12,14,17H,11H2,1H3. The Morgan fingerprint density at radius 2 is 1.81 bits per heavy atom. The van der Waals surface area contributed by atoms with Crippen LogP contribution in [0, 0.1) is 0 Å². The molecule has 106 valence electrons. The molecule has 3 heteroatoms. The maximum Gasteiger partial charge on any atom is 0.127 e. The van der Waals surface area contributed by atoms with Crippen molar-refractivity contribution in [1.29, 1.82) is 0 Å². The molecule has 0 spiro atoms. The van der Waals surface area contributed by atoms with Crippen LogP contribution in [0.25, 0.3) is 11.0 Å². The normalized spacial score (nSPS) is 22.4. The summed E-state index contributed by atoms with van der Waals surface area (Å²) in [7, 11) is 0. The van der Waals surface area contributed by atoms with Gasteiger partial charge in [0.2, 0.25) is 0 Å². The number of benzene rings is 2. The number of halogens is 1. The molecule has 2 nitrogen and oxygen atoms in total. The quantitative estimate of drug-likeness (QED) is 0.617. The maximum absolute atomic E-state index is 6.36. The van der Waals surface area contributed by atoms with Crippen LogP contribution in [0.2, 0.25) is 0 Å². The van der Waals surface area contributed by atoms with Gasteiger partial charge in [-0.15, -0.1) is 11.6 Å². The van der Waals surface area contributed by atoms with Crippen LogP contribution in [0.15, 0.2) is 54.6 Å². The number of rotatable bonds is 3. The average Bonchev–Trinajstić information content (AvgIpc) is 3.20. The third kappa shape index (κ3) is 2.14. The lowest BCUT2D eigenvalue weighted by molar-refractivity contribution is 0.682. The van der Waals surface area contributed by atoms with Crippen LogP contribution < -0.4 is 0 Å². The highest BCUT2D eigenvalue weighted by Crippen LogP contribution is 2.53. The summed E-state index contributed by atoms with van der Waals surface area (Å²) in [5.41, 5.74) is 3.65. The summed E-state index contributed by atoms with van der Waals surface area (Å²) in [6.45, 7) is 2.00. The van der Waals surface area contributed by atoms with Gasteiger partial charge in [-0.1, -0.05) is 42.5 Å². The van der Waals surface area contributed by atoms with E-state index in [9.17, 15) is 0 Å². The van der Waals surface area contributed by atoms with E-state index in [1.54, 1.807) is 0 Å².